The van der Waals surface area contributed by atoms with Gasteiger partial charge in [0.25, 0.3) is 0 Å². The van der Waals surface area contributed by atoms with Gasteiger partial charge in [0.2, 0.25) is 0 Å². The molecule has 1 fully saturated rings. The first-order valence-corrected chi connectivity index (χ1v) is 6.46. The van der Waals surface area contributed by atoms with Gasteiger partial charge in [0.1, 0.15) is 11.6 Å². The normalized spacial score (nSPS) is 17.6. The van der Waals surface area contributed by atoms with Crippen LogP contribution in [0.5, 0.6) is 0 Å². The summed E-state index contributed by atoms with van der Waals surface area (Å²) in [6.07, 6.45) is 5.66. The van der Waals surface area contributed by atoms with Gasteiger partial charge >= 0.3 is 0 Å². The van der Waals surface area contributed by atoms with E-state index in [0.29, 0.717) is 5.25 Å². The minimum absolute atomic E-state index is 0.126. The minimum Gasteiger partial charge on any atom is -0.399 e. The fraction of sp³-hybridized carbons (Fsp3) is 0.500. The maximum absolute atomic E-state index is 13.5. The van der Waals surface area contributed by atoms with Crippen LogP contribution in [-0.4, -0.2) is 5.25 Å². The van der Waals surface area contributed by atoms with Crippen LogP contribution in [0.3, 0.4) is 0 Å². The molecule has 0 bridgehead atoms. The summed E-state index contributed by atoms with van der Waals surface area (Å²) >= 11 is 1.32. The van der Waals surface area contributed by atoms with Crippen LogP contribution in [0.25, 0.3) is 0 Å². The zero-order valence-corrected chi connectivity index (χ0v) is 9.83. The van der Waals surface area contributed by atoms with E-state index in [-0.39, 0.29) is 10.6 Å². The van der Waals surface area contributed by atoms with Crippen molar-refractivity contribution in [1.82, 2.24) is 0 Å². The lowest BCUT2D eigenvalue weighted by Crippen LogP contribution is -2.09. The zero-order chi connectivity index (χ0) is 11.5. The van der Waals surface area contributed by atoms with Crippen molar-refractivity contribution in [2.75, 3.05) is 5.73 Å². The number of thioether (sulfide) groups is 1. The van der Waals surface area contributed by atoms with Crippen molar-refractivity contribution in [1.29, 1.82) is 0 Å². The Morgan fingerprint density at radius 1 is 1.06 bits per heavy atom. The van der Waals surface area contributed by atoms with Crippen molar-refractivity contribution in [3.8, 4) is 0 Å². The van der Waals surface area contributed by atoms with Crippen LogP contribution < -0.4 is 5.73 Å². The van der Waals surface area contributed by atoms with Gasteiger partial charge in [0.05, 0.1) is 4.90 Å². The molecule has 0 spiro atoms. The third kappa shape index (κ3) is 2.67. The second kappa shape index (κ2) is 5.04. The Balaban J connectivity index is 2.14. The summed E-state index contributed by atoms with van der Waals surface area (Å²) in [5.74, 6) is -1.07. The van der Waals surface area contributed by atoms with Gasteiger partial charge in [0.15, 0.2) is 0 Å². The zero-order valence-electron chi connectivity index (χ0n) is 9.01. The largest absolute Gasteiger partial charge is 0.399 e. The van der Waals surface area contributed by atoms with Crippen molar-refractivity contribution in [2.24, 2.45) is 0 Å². The molecule has 0 aliphatic heterocycles. The summed E-state index contributed by atoms with van der Waals surface area (Å²) in [6, 6.07) is 2.38. The molecule has 0 heterocycles. The Labute approximate surface area is 98.4 Å². The molecule has 1 aliphatic rings. The fourth-order valence-electron chi connectivity index (χ4n) is 2.04. The number of nitrogen functional groups attached to an aromatic ring is 1. The summed E-state index contributed by atoms with van der Waals surface area (Å²) in [5.41, 5.74) is 5.51. The molecule has 1 aromatic rings. The average molecular weight is 243 g/mol. The van der Waals surface area contributed by atoms with E-state index in [4.69, 9.17) is 5.73 Å². The maximum Gasteiger partial charge on any atom is 0.141 e. The molecular formula is C12H15F2NS. The molecule has 0 amide bonds. The first kappa shape index (κ1) is 11.7. The molecule has 2 rings (SSSR count). The first-order valence-electron chi connectivity index (χ1n) is 5.58. The highest BCUT2D eigenvalue weighted by molar-refractivity contribution is 8.00. The lowest BCUT2D eigenvalue weighted by molar-refractivity contribution is 0.509. The Hall–Kier alpha value is -0.770. The quantitative estimate of drug-likeness (QED) is 0.795. The van der Waals surface area contributed by atoms with Gasteiger partial charge in [-0.25, -0.2) is 8.78 Å². The van der Waals surface area contributed by atoms with E-state index in [1.165, 1.54) is 30.3 Å². The highest BCUT2D eigenvalue weighted by atomic mass is 32.2. The van der Waals surface area contributed by atoms with Gasteiger partial charge in [-0.15, -0.1) is 11.8 Å². The fourth-order valence-corrected chi connectivity index (χ4v) is 3.29. The van der Waals surface area contributed by atoms with E-state index >= 15 is 0 Å². The smallest absolute Gasteiger partial charge is 0.141 e. The van der Waals surface area contributed by atoms with Gasteiger partial charge in [-0.2, -0.15) is 0 Å². The Kier molecular flexibility index (Phi) is 3.69. The van der Waals surface area contributed by atoms with Crippen molar-refractivity contribution in [2.45, 2.75) is 42.2 Å². The summed E-state index contributed by atoms with van der Waals surface area (Å²) in [5, 5.41) is 0.348. The molecule has 16 heavy (non-hydrogen) atoms. The second-order valence-corrected chi connectivity index (χ2v) is 5.50. The molecule has 0 saturated heterocycles. The van der Waals surface area contributed by atoms with Gasteiger partial charge in [-0.05, 0) is 25.0 Å². The van der Waals surface area contributed by atoms with E-state index < -0.39 is 11.6 Å². The van der Waals surface area contributed by atoms with Crippen molar-refractivity contribution >= 4 is 17.4 Å². The lowest BCUT2D eigenvalue weighted by Gasteiger charge is -2.21. The van der Waals surface area contributed by atoms with Crippen LogP contribution in [0, 0.1) is 11.6 Å². The number of rotatable bonds is 2. The number of hydrogen-bond acceptors (Lipinski definition) is 2. The van der Waals surface area contributed by atoms with E-state index in [2.05, 4.69) is 0 Å². The summed E-state index contributed by atoms with van der Waals surface area (Å²) < 4.78 is 27.1. The number of halogens is 2. The molecule has 4 heteroatoms. The molecule has 0 aromatic heterocycles. The number of benzene rings is 1. The van der Waals surface area contributed by atoms with Gasteiger partial charge in [-0.3, -0.25) is 0 Å². The molecule has 0 atom stereocenters. The Morgan fingerprint density at radius 3 is 2.19 bits per heavy atom. The standard InChI is InChI=1S/C12H15F2NS/c13-10-6-8(15)7-11(14)12(10)16-9-4-2-1-3-5-9/h6-7,9H,1-5,15H2. The van der Waals surface area contributed by atoms with Crippen LogP contribution in [0.15, 0.2) is 17.0 Å². The van der Waals surface area contributed by atoms with Crippen molar-refractivity contribution in [3.05, 3.63) is 23.8 Å². The summed E-state index contributed by atoms with van der Waals surface area (Å²) in [6.45, 7) is 0. The molecule has 1 aromatic carbocycles. The average Bonchev–Trinajstić information content (AvgIpc) is 2.25. The van der Waals surface area contributed by atoms with E-state index in [0.717, 1.165) is 25.7 Å². The SMILES string of the molecule is Nc1cc(F)c(SC2CCCCC2)c(F)c1. The van der Waals surface area contributed by atoms with Crippen LogP contribution in [0.4, 0.5) is 14.5 Å². The predicted molar refractivity (Wildman–Crippen MR) is 63.5 cm³/mol. The predicted octanol–water partition coefficient (Wildman–Crippen LogP) is 3.97. The molecule has 0 unspecified atom stereocenters. The molecule has 88 valence electrons. The monoisotopic (exact) mass is 243 g/mol. The number of anilines is 1. The molecular weight excluding hydrogens is 228 g/mol. The van der Waals surface area contributed by atoms with Crippen molar-refractivity contribution in [3.63, 3.8) is 0 Å². The maximum atomic E-state index is 13.5. The van der Waals surface area contributed by atoms with Gasteiger partial charge in [0, 0.05) is 10.9 Å². The van der Waals surface area contributed by atoms with Crippen LogP contribution >= 0.6 is 11.8 Å². The molecule has 1 saturated carbocycles. The summed E-state index contributed by atoms with van der Waals surface area (Å²) in [4.78, 5) is 0.126. The van der Waals surface area contributed by atoms with Crippen LogP contribution in [0.2, 0.25) is 0 Å². The number of nitrogens with two attached hydrogens (primary N) is 1. The third-order valence-corrected chi connectivity index (χ3v) is 4.29. The van der Waals surface area contributed by atoms with E-state index in [1.807, 2.05) is 0 Å². The lowest BCUT2D eigenvalue weighted by atomic mass is 10.0. The second-order valence-electron chi connectivity index (χ2n) is 4.19. The minimum atomic E-state index is -0.534. The third-order valence-electron chi connectivity index (χ3n) is 2.86. The van der Waals surface area contributed by atoms with Gasteiger partial charge < -0.3 is 5.73 Å². The van der Waals surface area contributed by atoms with Gasteiger partial charge in [-0.1, -0.05) is 19.3 Å². The Bertz CT molecular complexity index is 352. The van der Waals surface area contributed by atoms with Crippen LogP contribution in [0.1, 0.15) is 32.1 Å². The highest BCUT2D eigenvalue weighted by Crippen LogP contribution is 2.36. The van der Waals surface area contributed by atoms with E-state index in [1.54, 1.807) is 0 Å². The molecule has 1 aliphatic carbocycles. The first-order chi connectivity index (χ1) is 7.66. The van der Waals surface area contributed by atoms with E-state index in [9.17, 15) is 8.78 Å². The molecule has 0 radical (unpaired) electrons. The van der Waals surface area contributed by atoms with Crippen LogP contribution in [-0.2, 0) is 0 Å². The molecule has 1 nitrogen and oxygen atoms in total. The molecule has 2 N–H and O–H groups in total. The van der Waals surface area contributed by atoms with Crippen molar-refractivity contribution < 1.29 is 8.78 Å². The summed E-state index contributed by atoms with van der Waals surface area (Å²) in [7, 11) is 0. The Morgan fingerprint density at radius 2 is 1.62 bits per heavy atom. The highest BCUT2D eigenvalue weighted by Gasteiger charge is 2.19. The number of hydrogen-bond donors (Lipinski definition) is 1. The topological polar surface area (TPSA) is 26.0 Å².